The van der Waals surface area contributed by atoms with E-state index in [0.29, 0.717) is 0 Å². The molecule has 2 rings (SSSR count). The van der Waals surface area contributed by atoms with Crippen molar-refractivity contribution in [2.24, 2.45) is 0 Å². The number of aliphatic hydroxyl groups is 2. The number of esters is 1. The molecule has 3 N–H and O–H groups in total. The molecule has 0 saturated heterocycles. The molecule has 0 aliphatic carbocycles. The fraction of sp³-hybridized carbons (Fsp3) is 0.263. The monoisotopic (exact) mass is 377 g/mol. The minimum absolute atomic E-state index is 0.0482. The van der Waals surface area contributed by atoms with E-state index in [1.54, 1.807) is 24.3 Å². The van der Waals surface area contributed by atoms with Gasteiger partial charge in [0.05, 0.1) is 12.7 Å². The second-order valence-corrected chi connectivity index (χ2v) is 5.69. The summed E-state index contributed by atoms with van der Waals surface area (Å²) in [5.74, 6) is -1.74. The van der Waals surface area contributed by atoms with Gasteiger partial charge < -0.3 is 25.0 Å². The molecule has 144 valence electrons. The predicted molar refractivity (Wildman–Crippen MR) is 93.3 cm³/mol. The minimum atomic E-state index is -1.47. The van der Waals surface area contributed by atoms with E-state index in [4.69, 9.17) is 4.74 Å². The summed E-state index contributed by atoms with van der Waals surface area (Å²) < 4.78 is 23.3. The van der Waals surface area contributed by atoms with Crippen LogP contribution in [-0.2, 0) is 16.1 Å². The zero-order valence-electron chi connectivity index (χ0n) is 14.6. The lowest BCUT2D eigenvalue weighted by molar-refractivity contribution is 0.0182. The van der Waals surface area contributed by atoms with Crippen LogP contribution in [0.4, 0.5) is 9.18 Å². The molecule has 0 radical (unpaired) electrons. The van der Waals surface area contributed by atoms with Crippen molar-refractivity contribution in [3.05, 3.63) is 71.0 Å². The molecule has 2 unspecified atom stereocenters. The molecule has 2 aromatic rings. The Hall–Kier alpha value is -2.97. The molecular formula is C19H20FNO6. The third-order valence-corrected chi connectivity index (χ3v) is 3.77. The Morgan fingerprint density at radius 2 is 1.85 bits per heavy atom. The largest absolute Gasteiger partial charge is 0.465 e. The van der Waals surface area contributed by atoms with Gasteiger partial charge in [-0.3, -0.25) is 0 Å². The molecule has 0 bridgehead atoms. The topological polar surface area (TPSA) is 105 Å². The van der Waals surface area contributed by atoms with Gasteiger partial charge in [-0.05, 0) is 23.3 Å². The molecule has 7 nitrogen and oxygen atoms in total. The SMILES string of the molecule is COC(=O)c1ccc(C(O)C(O)CNC(=O)OCc2ccccc2)cc1F. The first-order chi connectivity index (χ1) is 12.9. The Morgan fingerprint density at radius 3 is 2.48 bits per heavy atom. The van der Waals surface area contributed by atoms with Crippen LogP contribution in [-0.4, -0.2) is 42.0 Å². The van der Waals surface area contributed by atoms with E-state index in [1.807, 2.05) is 6.07 Å². The van der Waals surface area contributed by atoms with Crippen LogP contribution >= 0.6 is 0 Å². The Kier molecular flexibility index (Phi) is 7.27. The molecule has 0 aromatic heterocycles. The minimum Gasteiger partial charge on any atom is -0.465 e. The number of benzene rings is 2. The third-order valence-electron chi connectivity index (χ3n) is 3.77. The number of methoxy groups -OCH3 is 1. The zero-order valence-corrected chi connectivity index (χ0v) is 14.6. The number of amides is 1. The molecular weight excluding hydrogens is 357 g/mol. The number of carbonyl (C=O) groups is 2. The van der Waals surface area contributed by atoms with Gasteiger partial charge in [0, 0.05) is 6.54 Å². The van der Waals surface area contributed by atoms with Crippen LogP contribution in [0, 0.1) is 5.82 Å². The molecule has 0 spiro atoms. The molecule has 0 fully saturated rings. The lowest BCUT2D eigenvalue weighted by Gasteiger charge is -2.19. The smallest absolute Gasteiger partial charge is 0.407 e. The van der Waals surface area contributed by atoms with Crippen LogP contribution in [0.15, 0.2) is 48.5 Å². The molecule has 27 heavy (non-hydrogen) atoms. The summed E-state index contributed by atoms with van der Waals surface area (Å²) in [4.78, 5) is 23.0. The summed E-state index contributed by atoms with van der Waals surface area (Å²) in [6.45, 7) is -0.249. The number of hydrogen-bond acceptors (Lipinski definition) is 6. The van der Waals surface area contributed by atoms with E-state index >= 15 is 0 Å². The Bertz CT molecular complexity index is 783. The molecule has 0 saturated carbocycles. The number of halogens is 1. The Labute approximate surface area is 155 Å². The highest BCUT2D eigenvalue weighted by atomic mass is 19.1. The fourth-order valence-corrected chi connectivity index (χ4v) is 2.29. The van der Waals surface area contributed by atoms with Crippen LogP contribution < -0.4 is 5.32 Å². The second kappa shape index (κ2) is 9.65. The van der Waals surface area contributed by atoms with Gasteiger partial charge in [-0.1, -0.05) is 36.4 Å². The van der Waals surface area contributed by atoms with Crippen molar-refractivity contribution in [2.45, 2.75) is 18.8 Å². The summed E-state index contributed by atoms with van der Waals surface area (Å²) >= 11 is 0. The van der Waals surface area contributed by atoms with E-state index in [0.717, 1.165) is 24.8 Å². The second-order valence-electron chi connectivity index (χ2n) is 5.69. The average molecular weight is 377 g/mol. The predicted octanol–water partition coefficient (Wildman–Crippen LogP) is 1.93. The molecule has 2 atom stereocenters. The van der Waals surface area contributed by atoms with Crippen LogP contribution in [0.1, 0.15) is 27.6 Å². The maximum atomic E-state index is 13.9. The normalized spacial score (nSPS) is 12.7. The molecule has 0 aliphatic rings. The molecule has 1 amide bonds. The standard InChI is InChI=1S/C19H20FNO6/c1-26-18(24)14-8-7-13(9-15(14)20)17(23)16(22)10-21-19(25)27-11-12-5-3-2-4-6-12/h2-9,16-17,22-23H,10-11H2,1H3,(H,21,25). The van der Waals surface area contributed by atoms with Crippen LogP contribution in [0.3, 0.4) is 0 Å². The van der Waals surface area contributed by atoms with Gasteiger partial charge in [0.25, 0.3) is 0 Å². The van der Waals surface area contributed by atoms with Crippen molar-refractivity contribution in [2.75, 3.05) is 13.7 Å². The van der Waals surface area contributed by atoms with Crippen molar-refractivity contribution < 1.29 is 33.7 Å². The number of hydrogen-bond donors (Lipinski definition) is 3. The van der Waals surface area contributed by atoms with Crippen molar-refractivity contribution in [3.8, 4) is 0 Å². The summed E-state index contributed by atoms with van der Waals surface area (Å²) in [7, 11) is 1.12. The maximum absolute atomic E-state index is 13.9. The zero-order chi connectivity index (χ0) is 19.8. The Morgan fingerprint density at radius 1 is 1.15 bits per heavy atom. The van der Waals surface area contributed by atoms with Gasteiger partial charge in [-0.2, -0.15) is 0 Å². The lowest BCUT2D eigenvalue weighted by atomic mass is 10.0. The van der Waals surface area contributed by atoms with Crippen molar-refractivity contribution in [1.82, 2.24) is 5.32 Å². The van der Waals surface area contributed by atoms with E-state index in [-0.39, 0.29) is 24.3 Å². The number of ether oxygens (including phenoxy) is 2. The van der Waals surface area contributed by atoms with Gasteiger partial charge in [-0.25, -0.2) is 14.0 Å². The van der Waals surface area contributed by atoms with Crippen LogP contribution in [0.25, 0.3) is 0 Å². The highest BCUT2D eigenvalue weighted by molar-refractivity contribution is 5.89. The highest BCUT2D eigenvalue weighted by Gasteiger charge is 2.22. The quantitative estimate of drug-likeness (QED) is 0.637. The van der Waals surface area contributed by atoms with Crippen LogP contribution in [0.5, 0.6) is 0 Å². The number of alkyl carbamates (subject to hydrolysis) is 1. The molecule has 0 aliphatic heterocycles. The van der Waals surface area contributed by atoms with Gasteiger partial charge in [0.15, 0.2) is 0 Å². The van der Waals surface area contributed by atoms with E-state index in [1.165, 1.54) is 6.07 Å². The maximum Gasteiger partial charge on any atom is 0.407 e. The van der Waals surface area contributed by atoms with Gasteiger partial charge in [0.1, 0.15) is 24.6 Å². The summed E-state index contributed by atoms with van der Waals surface area (Å²) in [6, 6.07) is 12.4. The van der Waals surface area contributed by atoms with E-state index in [9.17, 15) is 24.2 Å². The first-order valence-corrected chi connectivity index (χ1v) is 8.10. The third kappa shape index (κ3) is 5.77. The summed E-state index contributed by atoms with van der Waals surface area (Å²) in [5, 5.41) is 22.4. The molecule has 2 aromatic carbocycles. The first-order valence-electron chi connectivity index (χ1n) is 8.10. The van der Waals surface area contributed by atoms with Crippen LogP contribution in [0.2, 0.25) is 0 Å². The summed E-state index contributed by atoms with van der Waals surface area (Å²) in [5.41, 5.74) is 0.562. The number of aliphatic hydroxyl groups excluding tert-OH is 2. The number of rotatable bonds is 7. The van der Waals surface area contributed by atoms with Gasteiger partial charge in [-0.15, -0.1) is 0 Å². The number of nitrogens with one attached hydrogen (secondary N) is 1. The number of carbonyl (C=O) groups excluding carboxylic acids is 2. The van der Waals surface area contributed by atoms with Gasteiger partial charge in [0.2, 0.25) is 0 Å². The molecule has 8 heteroatoms. The van der Waals surface area contributed by atoms with Gasteiger partial charge >= 0.3 is 12.1 Å². The van der Waals surface area contributed by atoms with Crippen molar-refractivity contribution in [3.63, 3.8) is 0 Å². The molecule has 0 heterocycles. The summed E-state index contributed by atoms with van der Waals surface area (Å²) in [6.07, 6.45) is -3.64. The van der Waals surface area contributed by atoms with E-state index in [2.05, 4.69) is 10.1 Å². The van der Waals surface area contributed by atoms with E-state index < -0.39 is 30.1 Å². The van der Waals surface area contributed by atoms with Crippen molar-refractivity contribution in [1.29, 1.82) is 0 Å². The fourth-order valence-electron chi connectivity index (χ4n) is 2.29. The Balaban J connectivity index is 1.86. The highest BCUT2D eigenvalue weighted by Crippen LogP contribution is 2.20. The average Bonchev–Trinajstić information content (AvgIpc) is 2.69. The van der Waals surface area contributed by atoms with Crippen molar-refractivity contribution >= 4 is 12.1 Å². The lowest BCUT2D eigenvalue weighted by Crippen LogP contribution is -2.35. The first kappa shape index (κ1) is 20.3.